The first-order valence-electron chi connectivity index (χ1n) is 7.69. The van der Waals surface area contributed by atoms with E-state index in [0.29, 0.717) is 0 Å². The van der Waals surface area contributed by atoms with Crippen LogP contribution in [-0.2, 0) is 17.9 Å². The van der Waals surface area contributed by atoms with Crippen molar-refractivity contribution in [2.45, 2.75) is 39.9 Å². The summed E-state index contributed by atoms with van der Waals surface area (Å²) in [5.74, 6) is 1.51. The number of carbonyl (C=O) groups is 1. The topological polar surface area (TPSA) is 77.6 Å². The van der Waals surface area contributed by atoms with Gasteiger partial charge in [0.05, 0.1) is 17.1 Å². The molecule has 0 bridgehead atoms. The average molecular weight is 312 g/mol. The van der Waals surface area contributed by atoms with E-state index in [9.17, 15) is 4.79 Å². The van der Waals surface area contributed by atoms with E-state index in [-0.39, 0.29) is 18.5 Å². The lowest BCUT2D eigenvalue weighted by molar-refractivity contribution is -0.122. The van der Waals surface area contributed by atoms with Gasteiger partial charge in [0.1, 0.15) is 24.5 Å². The third-order valence-electron chi connectivity index (χ3n) is 3.86. The zero-order valence-electron chi connectivity index (χ0n) is 13.5. The van der Waals surface area contributed by atoms with E-state index in [1.165, 1.54) is 6.33 Å². The Bertz CT molecular complexity index is 834. The quantitative estimate of drug-likeness (QED) is 0.779. The number of carbonyl (C=O) groups excluding carboxylic acids is 1. The van der Waals surface area contributed by atoms with Gasteiger partial charge >= 0.3 is 0 Å². The van der Waals surface area contributed by atoms with E-state index >= 15 is 0 Å². The molecular weight excluding hydrogens is 292 g/mol. The highest BCUT2D eigenvalue weighted by molar-refractivity contribution is 5.81. The van der Waals surface area contributed by atoms with E-state index in [4.69, 9.17) is 0 Å². The fourth-order valence-electron chi connectivity index (χ4n) is 2.74. The van der Waals surface area contributed by atoms with Gasteiger partial charge in [-0.2, -0.15) is 5.10 Å². The molecule has 3 rings (SSSR count). The van der Waals surface area contributed by atoms with Crippen LogP contribution in [0.4, 0.5) is 0 Å². The summed E-state index contributed by atoms with van der Waals surface area (Å²) in [6.07, 6.45) is 1.51. The summed E-state index contributed by atoms with van der Waals surface area (Å²) in [6, 6.07) is 7.62. The molecular formula is C16H20N6O. The van der Waals surface area contributed by atoms with Gasteiger partial charge in [0.15, 0.2) is 0 Å². The first-order valence-corrected chi connectivity index (χ1v) is 7.69. The molecule has 0 aliphatic rings. The number of aromatic nitrogens is 5. The van der Waals surface area contributed by atoms with Gasteiger partial charge in [-0.25, -0.2) is 14.6 Å². The Hall–Kier alpha value is -2.70. The van der Waals surface area contributed by atoms with Crippen LogP contribution in [0.3, 0.4) is 0 Å². The van der Waals surface area contributed by atoms with Crippen molar-refractivity contribution in [3.05, 3.63) is 42.2 Å². The maximum absolute atomic E-state index is 12.4. The van der Waals surface area contributed by atoms with Crippen molar-refractivity contribution < 1.29 is 4.79 Å². The van der Waals surface area contributed by atoms with Gasteiger partial charge in [-0.3, -0.25) is 4.79 Å². The summed E-state index contributed by atoms with van der Waals surface area (Å²) >= 11 is 0. The fourth-order valence-corrected chi connectivity index (χ4v) is 2.74. The Morgan fingerprint density at radius 2 is 2.13 bits per heavy atom. The van der Waals surface area contributed by atoms with Crippen molar-refractivity contribution in [2.75, 3.05) is 0 Å². The standard InChI is InChI=1S/C16H20N6O/c1-4-22-16(17-10-18-22)11(2)19-15(23)9-21-12(3)20-13-7-5-6-8-14(13)21/h5-8,10-11H,4,9H2,1-3H3,(H,19,23). The molecule has 7 nitrogen and oxygen atoms in total. The SMILES string of the molecule is CCn1ncnc1C(C)NC(=O)Cn1c(C)nc2ccccc21. The lowest BCUT2D eigenvalue weighted by atomic mass is 10.3. The smallest absolute Gasteiger partial charge is 0.240 e. The molecule has 1 unspecified atom stereocenters. The lowest BCUT2D eigenvalue weighted by Gasteiger charge is -2.15. The van der Waals surface area contributed by atoms with E-state index in [1.807, 2.05) is 49.6 Å². The van der Waals surface area contributed by atoms with Gasteiger partial charge in [0.25, 0.3) is 0 Å². The Labute approximate surface area is 134 Å². The predicted molar refractivity (Wildman–Crippen MR) is 86.7 cm³/mol. The average Bonchev–Trinajstić information content (AvgIpc) is 3.12. The third kappa shape index (κ3) is 2.94. The highest BCUT2D eigenvalue weighted by atomic mass is 16.2. The minimum absolute atomic E-state index is 0.0746. The summed E-state index contributed by atoms with van der Waals surface area (Å²) in [5.41, 5.74) is 1.86. The number of hydrogen-bond donors (Lipinski definition) is 1. The number of nitrogens with one attached hydrogen (secondary N) is 1. The maximum atomic E-state index is 12.4. The van der Waals surface area contributed by atoms with Crippen molar-refractivity contribution in [2.24, 2.45) is 0 Å². The molecule has 1 N–H and O–H groups in total. The zero-order valence-corrected chi connectivity index (χ0v) is 13.5. The van der Waals surface area contributed by atoms with Crippen LogP contribution in [0.1, 0.15) is 31.5 Å². The second kappa shape index (κ2) is 6.20. The molecule has 23 heavy (non-hydrogen) atoms. The van der Waals surface area contributed by atoms with Gasteiger partial charge in [-0.1, -0.05) is 12.1 Å². The number of benzene rings is 1. The lowest BCUT2D eigenvalue weighted by Crippen LogP contribution is -2.32. The molecule has 2 heterocycles. The predicted octanol–water partition coefficient (Wildman–Crippen LogP) is 1.83. The second-order valence-electron chi connectivity index (χ2n) is 5.46. The van der Waals surface area contributed by atoms with Crippen molar-refractivity contribution >= 4 is 16.9 Å². The first-order chi connectivity index (χ1) is 11.1. The summed E-state index contributed by atoms with van der Waals surface area (Å²) in [7, 11) is 0. The van der Waals surface area contributed by atoms with Crippen molar-refractivity contribution in [3.8, 4) is 0 Å². The number of nitrogens with zero attached hydrogens (tertiary/aromatic N) is 5. The van der Waals surface area contributed by atoms with Crippen LogP contribution in [0.5, 0.6) is 0 Å². The van der Waals surface area contributed by atoms with Crippen LogP contribution in [0.15, 0.2) is 30.6 Å². The van der Waals surface area contributed by atoms with E-state index in [1.54, 1.807) is 4.68 Å². The van der Waals surface area contributed by atoms with Crippen LogP contribution < -0.4 is 5.32 Å². The summed E-state index contributed by atoms with van der Waals surface area (Å²) in [5, 5.41) is 7.11. The Morgan fingerprint density at radius 3 is 2.91 bits per heavy atom. The molecule has 0 aliphatic carbocycles. The number of fused-ring (bicyclic) bond motifs is 1. The zero-order chi connectivity index (χ0) is 16.4. The van der Waals surface area contributed by atoms with E-state index < -0.39 is 0 Å². The molecule has 7 heteroatoms. The monoisotopic (exact) mass is 312 g/mol. The fraction of sp³-hybridized carbons (Fsp3) is 0.375. The van der Waals surface area contributed by atoms with Gasteiger partial charge < -0.3 is 9.88 Å². The van der Waals surface area contributed by atoms with Gasteiger partial charge in [0.2, 0.25) is 5.91 Å². The van der Waals surface area contributed by atoms with Crippen molar-refractivity contribution in [1.82, 2.24) is 29.6 Å². The maximum Gasteiger partial charge on any atom is 0.240 e. The minimum atomic E-state index is -0.194. The number of para-hydroxylation sites is 2. The van der Waals surface area contributed by atoms with Crippen LogP contribution in [0, 0.1) is 6.92 Å². The molecule has 1 amide bonds. The highest BCUT2D eigenvalue weighted by Gasteiger charge is 2.16. The normalized spacial score (nSPS) is 12.5. The van der Waals surface area contributed by atoms with Gasteiger partial charge in [0, 0.05) is 6.54 Å². The Kier molecular flexibility index (Phi) is 4.10. The molecule has 0 fully saturated rings. The Morgan fingerprint density at radius 1 is 1.35 bits per heavy atom. The number of imidazole rings is 1. The molecule has 2 aromatic heterocycles. The summed E-state index contributed by atoms with van der Waals surface area (Å²) in [4.78, 5) is 21.1. The van der Waals surface area contributed by atoms with Crippen molar-refractivity contribution in [3.63, 3.8) is 0 Å². The first kappa shape index (κ1) is 15.2. The molecule has 1 atom stereocenters. The number of rotatable bonds is 5. The molecule has 1 aromatic carbocycles. The highest BCUT2D eigenvalue weighted by Crippen LogP contribution is 2.15. The van der Waals surface area contributed by atoms with Crippen LogP contribution in [0.25, 0.3) is 11.0 Å². The summed E-state index contributed by atoms with van der Waals surface area (Å²) in [6.45, 7) is 6.77. The largest absolute Gasteiger partial charge is 0.345 e. The molecule has 0 spiro atoms. The molecule has 3 aromatic rings. The molecule has 0 saturated heterocycles. The summed E-state index contributed by atoms with van der Waals surface area (Å²) < 4.78 is 3.70. The third-order valence-corrected chi connectivity index (χ3v) is 3.86. The van der Waals surface area contributed by atoms with E-state index in [0.717, 1.165) is 29.2 Å². The van der Waals surface area contributed by atoms with Crippen molar-refractivity contribution in [1.29, 1.82) is 0 Å². The molecule has 0 saturated carbocycles. The molecule has 0 radical (unpaired) electrons. The minimum Gasteiger partial charge on any atom is -0.345 e. The van der Waals surface area contributed by atoms with Gasteiger partial charge in [-0.05, 0) is 32.9 Å². The molecule has 0 aliphatic heterocycles. The number of aryl methyl sites for hydroxylation is 2. The molecule has 120 valence electrons. The second-order valence-corrected chi connectivity index (χ2v) is 5.46. The van der Waals surface area contributed by atoms with Gasteiger partial charge in [-0.15, -0.1) is 0 Å². The Balaban J connectivity index is 1.75. The number of amides is 1. The van der Waals surface area contributed by atoms with Crippen LogP contribution >= 0.6 is 0 Å². The number of hydrogen-bond acceptors (Lipinski definition) is 4. The van der Waals surface area contributed by atoms with E-state index in [2.05, 4.69) is 20.4 Å². The van der Waals surface area contributed by atoms with Crippen LogP contribution in [0.2, 0.25) is 0 Å². The van der Waals surface area contributed by atoms with Crippen LogP contribution in [-0.4, -0.2) is 30.2 Å².